The van der Waals surface area contributed by atoms with Crippen molar-refractivity contribution >= 4 is 12.1 Å². The molecule has 0 bridgehead atoms. The Balaban J connectivity index is 2.66. The first-order valence-corrected chi connectivity index (χ1v) is 6.43. The lowest BCUT2D eigenvalue weighted by atomic mass is 9.82. The first-order valence-electron chi connectivity index (χ1n) is 6.43. The van der Waals surface area contributed by atoms with E-state index >= 15 is 0 Å². The number of carbonyl (C=O) groups is 2. The van der Waals surface area contributed by atoms with Gasteiger partial charge in [-0.3, -0.25) is 4.79 Å². The van der Waals surface area contributed by atoms with E-state index in [1.807, 2.05) is 20.8 Å². The summed E-state index contributed by atoms with van der Waals surface area (Å²) in [6, 6.07) is 0. The summed E-state index contributed by atoms with van der Waals surface area (Å²) in [6.45, 7) is 5.44. The molecule has 0 aromatic rings. The number of esters is 1. The Bertz CT molecular complexity index is 313. The second kappa shape index (κ2) is 5.59. The van der Waals surface area contributed by atoms with E-state index in [0.29, 0.717) is 12.8 Å². The van der Waals surface area contributed by atoms with Gasteiger partial charge in [-0.2, -0.15) is 0 Å². The van der Waals surface area contributed by atoms with Crippen molar-refractivity contribution in [1.29, 1.82) is 0 Å². The van der Waals surface area contributed by atoms with Crippen molar-refractivity contribution in [3.05, 3.63) is 0 Å². The molecule has 0 radical (unpaired) electrons. The molecule has 0 atom stereocenters. The summed E-state index contributed by atoms with van der Waals surface area (Å²) in [5.74, 6) is -0.342. The molecule has 1 fully saturated rings. The summed E-state index contributed by atoms with van der Waals surface area (Å²) in [5.41, 5.74) is 3.81. The molecule has 0 heterocycles. The zero-order valence-corrected chi connectivity index (χ0v) is 11.5. The van der Waals surface area contributed by atoms with Crippen molar-refractivity contribution in [2.24, 2.45) is 5.73 Å². The first-order chi connectivity index (χ1) is 8.22. The molecule has 5 heteroatoms. The zero-order chi connectivity index (χ0) is 13.8. The second-order valence-corrected chi connectivity index (χ2v) is 5.93. The van der Waals surface area contributed by atoms with Crippen LogP contribution in [0.25, 0.3) is 0 Å². The quantitative estimate of drug-likeness (QED) is 0.788. The van der Waals surface area contributed by atoms with Gasteiger partial charge in [0.15, 0.2) is 0 Å². The number of rotatable bonds is 3. The monoisotopic (exact) mass is 257 g/mol. The summed E-state index contributed by atoms with van der Waals surface area (Å²) in [7, 11) is 0. The minimum Gasteiger partial charge on any atom is -0.460 e. The number of hydrogen-bond donors (Lipinski definition) is 1. The third kappa shape index (κ3) is 4.94. The van der Waals surface area contributed by atoms with E-state index in [-0.39, 0.29) is 12.4 Å². The maximum atomic E-state index is 11.9. The fraction of sp³-hybridized carbons (Fsp3) is 0.846. The molecular formula is C13H23NO4. The fourth-order valence-corrected chi connectivity index (χ4v) is 2.37. The van der Waals surface area contributed by atoms with E-state index in [9.17, 15) is 9.59 Å². The van der Waals surface area contributed by atoms with Gasteiger partial charge < -0.3 is 15.2 Å². The molecule has 0 spiro atoms. The van der Waals surface area contributed by atoms with E-state index < -0.39 is 17.3 Å². The highest BCUT2D eigenvalue weighted by Gasteiger charge is 2.39. The molecule has 1 saturated carbocycles. The summed E-state index contributed by atoms with van der Waals surface area (Å²) in [5, 5.41) is 0. The maximum Gasteiger partial charge on any atom is 0.405 e. The maximum absolute atomic E-state index is 11.9. The Kier molecular flexibility index (Phi) is 4.59. The number of carbonyl (C=O) groups excluding carboxylic acids is 2. The molecular weight excluding hydrogens is 234 g/mol. The molecule has 0 aromatic carbocycles. The van der Waals surface area contributed by atoms with Crippen LogP contribution in [0.2, 0.25) is 0 Å². The molecule has 1 aliphatic rings. The van der Waals surface area contributed by atoms with Crippen molar-refractivity contribution < 1.29 is 19.1 Å². The van der Waals surface area contributed by atoms with Crippen molar-refractivity contribution in [1.82, 2.24) is 0 Å². The average molecular weight is 257 g/mol. The van der Waals surface area contributed by atoms with E-state index in [4.69, 9.17) is 15.2 Å². The largest absolute Gasteiger partial charge is 0.460 e. The Morgan fingerprint density at radius 2 is 1.72 bits per heavy atom. The van der Waals surface area contributed by atoms with Crippen LogP contribution in [-0.4, -0.2) is 23.3 Å². The lowest BCUT2D eigenvalue weighted by molar-refractivity contribution is -0.161. The van der Waals surface area contributed by atoms with E-state index in [2.05, 4.69) is 0 Å². The van der Waals surface area contributed by atoms with Gasteiger partial charge in [0.1, 0.15) is 11.2 Å². The van der Waals surface area contributed by atoms with Gasteiger partial charge in [0.05, 0.1) is 6.42 Å². The van der Waals surface area contributed by atoms with Crippen LogP contribution in [0.5, 0.6) is 0 Å². The molecule has 0 saturated heterocycles. The molecule has 2 N–H and O–H groups in total. The predicted molar refractivity (Wildman–Crippen MR) is 66.9 cm³/mol. The minimum absolute atomic E-state index is 0.0905. The van der Waals surface area contributed by atoms with Gasteiger partial charge in [-0.05, 0) is 46.5 Å². The standard InChI is InChI=1S/C13H23NO4/c1-12(2,3)17-10(15)9-13(18-11(14)16)7-5-4-6-8-13/h4-9H2,1-3H3,(H2,14,16). The lowest BCUT2D eigenvalue weighted by Gasteiger charge is -2.36. The van der Waals surface area contributed by atoms with Crippen LogP contribution in [0.3, 0.4) is 0 Å². The third-order valence-electron chi connectivity index (χ3n) is 2.97. The van der Waals surface area contributed by atoms with Crippen LogP contribution >= 0.6 is 0 Å². The van der Waals surface area contributed by atoms with Crippen LogP contribution in [0.4, 0.5) is 4.79 Å². The SMILES string of the molecule is CC(C)(C)OC(=O)CC1(OC(N)=O)CCCCC1. The van der Waals surface area contributed by atoms with Crippen molar-refractivity contribution in [3.8, 4) is 0 Å². The summed E-state index contributed by atoms with van der Waals surface area (Å²) >= 11 is 0. The van der Waals surface area contributed by atoms with Crippen LogP contribution < -0.4 is 5.73 Å². The molecule has 0 unspecified atom stereocenters. The molecule has 1 amide bonds. The van der Waals surface area contributed by atoms with Crippen molar-refractivity contribution in [2.45, 2.75) is 70.5 Å². The molecule has 1 aliphatic carbocycles. The topological polar surface area (TPSA) is 78.6 Å². The Hall–Kier alpha value is -1.26. The van der Waals surface area contributed by atoms with Crippen LogP contribution in [0.1, 0.15) is 59.3 Å². The molecule has 0 aliphatic heterocycles. The molecule has 0 aromatic heterocycles. The normalized spacial score (nSPS) is 19.1. The van der Waals surface area contributed by atoms with Gasteiger partial charge in [0.2, 0.25) is 0 Å². The summed E-state index contributed by atoms with van der Waals surface area (Å²) in [4.78, 5) is 22.8. The smallest absolute Gasteiger partial charge is 0.405 e. The van der Waals surface area contributed by atoms with Crippen molar-refractivity contribution in [3.63, 3.8) is 0 Å². The Labute approximate surface area is 108 Å². The lowest BCUT2D eigenvalue weighted by Crippen LogP contribution is -2.42. The predicted octanol–water partition coefficient (Wildman–Crippen LogP) is 2.52. The van der Waals surface area contributed by atoms with Crippen LogP contribution in [-0.2, 0) is 14.3 Å². The third-order valence-corrected chi connectivity index (χ3v) is 2.97. The zero-order valence-electron chi connectivity index (χ0n) is 11.5. The highest BCUT2D eigenvalue weighted by Crippen LogP contribution is 2.35. The summed E-state index contributed by atoms with van der Waals surface area (Å²) < 4.78 is 10.5. The van der Waals surface area contributed by atoms with Crippen LogP contribution in [0.15, 0.2) is 0 Å². The summed E-state index contributed by atoms with van der Waals surface area (Å²) in [6.07, 6.45) is 3.60. The van der Waals surface area contributed by atoms with Crippen molar-refractivity contribution in [2.75, 3.05) is 0 Å². The average Bonchev–Trinajstić information content (AvgIpc) is 2.13. The number of hydrogen-bond acceptors (Lipinski definition) is 4. The number of ether oxygens (including phenoxy) is 2. The fourth-order valence-electron chi connectivity index (χ4n) is 2.37. The molecule has 1 rings (SSSR count). The molecule has 5 nitrogen and oxygen atoms in total. The van der Waals surface area contributed by atoms with Gasteiger partial charge in [-0.25, -0.2) is 4.79 Å². The highest BCUT2D eigenvalue weighted by atomic mass is 16.6. The Morgan fingerprint density at radius 3 is 2.17 bits per heavy atom. The molecule has 18 heavy (non-hydrogen) atoms. The van der Waals surface area contributed by atoms with E-state index in [1.165, 1.54) is 0 Å². The Morgan fingerprint density at radius 1 is 1.17 bits per heavy atom. The first kappa shape index (κ1) is 14.8. The number of nitrogens with two attached hydrogens (primary N) is 1. The molecule has 104 valence electrons. The van der Waals surface area contributed by atoms with E-state index in [1.54, 1.807) is 0 Å². The highest BCUT2D eigenvalue weighted by molar-refractivity contribution is 5.72. The van der Waals surface area contributed by atoms with Gasteiger partial charge in [0.25, 0.3) is 0 Å². The second-order valence-electron chi connectivity index (χ2n) is 5.93. The van der Waals surface area contributed by atoms with Gasteiger partial charge in [-0.1, -0.05) is 6.42 Å². The van der Waals surface area contributed by atoms with Gasteiger partial charge >= 0.3 is 12.1 Å². The number of primary amides is 1. The van der Waals surface area contributed by atoms with Crippen LogP contribution in [0, 0.1) is 0 Å². The number of amides is 1. The van der Waals surface area contributed by atoms with Gasteiger partial charge in [0, 0.05) is 0 Å². The minimum atomic E-state index is -0.819. The van der Waals surface area contributed by atoms with Gasteiger partial charge in [-0.15, -0.1) is 0 Å². The van der Waals surface area contributed by atoms with E-state index in [0.717, 1.165) is 19.3 Å².